The molecular weight excluding hydrogens is 398 g/mol. The summed E-state index contributed by atoms with van der Waals surface area (Å²) in [5.41, 5.74) is 0.934. The molecule has 2 heterocycles. The van der Waals surface area contributed by atoms with Crippen LogP contribution in [-0.4, -0.2) is 58.4 Å². The molecule has 2 aromatic rings. The van der Waals surface area contributed by atoms with Crippen LogP contribution >= 0.6 is 12.2 Å². The maximum atomic E-state index is 12.3. The second kappa shape index (κ2) is 11.9. The molecule has 1 saturated heterocycles. The fourth-order valence-electron chi connectivity index (χ4n) is 3.80. The lowest BCUT2D eigenvalue weighted by atomic mass is 10.2. The van der Waals surface area contributed by atoms with E-state index in [2.05, 4.69) is 20.4 Å². The smallest absolute Gasteiger partial charge is 0.221 e. The predicted octanol–water partition coefficient (Wildman–Crippen LogP) is 3.78. The zero-order valence-electron chi connectivity index (χ0n) is 17.9. The number of carbonyl (C=O) groups excluding carboxylic acids is 1. The van der Waals surface area contributed by atoms with Crippen LogP contribution in [0, 0.1) is 4.77 Å². The Labute approximate surface area is 183 Å². The molecule has 0 saturated carbocycles. The van der Waals surface area contributed by atoms with Gasteiger partial charge in [0.1, 0.15) is 5.75 Å². The summed E-state index contributed by atoms with van der Waals surface area (Å²) < 4.78 is 7.89. The van der Waals surface area contributed by atoms with Crippen LogP contribution in [0.1, 0.15) is 45.4 Å². The van der Waals surface area contributed by atoms with Crippen molar-refractivity contribution in [1.82, 2.24) is 25.0 Å². The normalized spacial score (nSPS) is 15.0. The summed E-state index contributed by atoms with van der Waals surface area (Å²) in [6.07, 6.45) is 6.67. The molecule has 1 aromatic carbocycles. The number of rotatable bonds is 10. The second-order valence-electron chi connectivity index (χ2n) is 7.67. The highest BCUT2D eigenvalue weighted by molar-refractivity contribution is 7.71. The molecule has 1 aromatic heterocycles. The van der Waals surface area contributed by atoms with Crippen molar-refractivity contribution in [1.29, 1.82) is 0 Å². The number of carbonyl (C=O) groups is 1. The molecule has 0 radical (unpaired) electrons. The minimum atomic E-state index is 0.0478. The van der Waals surface area contributed by atoms with Crippen LogP contribution in [0.4, 0.5) is 0 Å². The summed E-state index contributed by atoms with van der Waals surface area (Å²) in [5.74, 6) is 1.60. The highest BCUT2D eigenvalue weighted by atomic mass is 32.1. The molecule has 0 bridgehead atoms. The van der Waals surface area contributed by atoms with E-state index in [1.807, 2.05) is 35.8 Å². The Morgan fingerprint density at radius 1 is 1.17 bits per heavy atom. The van der Waals surface area contributed by atoms with Crippen LogP contribution in [-0.2, 0) is 11.3 Å². The number of hydrogen-bond donors (Lipinski definition) is 2. The summed E-state index contributed by atoms with van der Waals surface area (Å²) in [6.45, 7) is 7.26. The van der Waals surface area contributed by atoms with Crippen molar-refractivity contribution in [3.8, 4) is 17.1 Å². The first-order chi connectivity index (χ1) is 14.7. The minimum Gasteiger partial charge on any atom is -0.494 e. The van der Waals surface area contributed by atoms with Crippen molar-refractivity contribution in [3.05, 3.63) is 29.0 Å². The molecule has 1 aliphatic heterocycles. The molecule has 0 atom stereocenters. The number of aromatic nitrogens is 3. The van der Waals surface area contributed by atoms with Gasteiger partial charge in [0.2, 0.25) is 5.91 Å². The highest BCUT2D eigenvalue weighted by Crippen LogP contribution is 2.21. The third-order valence-corrected chi connectivity index (χ3v) is 5.73. The molecule has 2 N–H and O–H groups in total. The molecule has 164 valence electrons. The SMILES string of the molecule is CCOc1ccc(-c2n[nH]c(=S)n2CCC(=O)NCCCN2CCCCCC2)cc1. The lowest BCUT2D eigenvalue weighted by molar-refractivity contribution is -0.121. The highest BCUT2D eigenvalue weighted by Gasteiger charge is 2.12. The Hall–Kier alpha value is -2.19. The Morgan fingerprint density at radius 3 is 2.60 bits per heavy atom. The van der Waals surface area contributed by atoms with E-state index in [0.717, 1.165) is 36.6 Å². The number of nitrogens with zero attached hydrogens (tertiary/aromatic N) is 3. The molecule has 1 fully saturated rings. The van der Waals surface area contributed by atoms with Gasteiger partial charge in [-0.15, -0.1) is 0 Å². The van der Waals surface area contributed by atoms with E-state index < -0.39 is 0 Å². The van der Waals surface area contributed by atoms with Gasteiger partial charge in [-0.1, -0.05) is 12.8 Å². The van der Waals surface area contributed by atoms with Gasteiger partial charge >= 0.3 is 0 Å². The molecule has 30 heavy (non-hydrogen) atoms. The number of amides is 1. The summed E-state index contributed by atoms with van der Waals surface area (Å²) in [5, 5.41) is 10.2. The average molecular weight is 432 g/mol. The van der Waals surface area contributed by atoms with E-state index in [1.165, 1.54) is 38.8 Å². The second-order valence-corrected chi connectivity index (χ2v) is 8.06. The van der Waals surface area contributed by atoms with E-state index in [-0.39, 0.29) is 5.91 Å². The van der Waals surface area contributed by atoms with Gasteiger partial charge in [-0.25, -0.2) is 0 Å². The third-order valence-electron chi connectivity index (χ3n) is 5.42. The van der Waals surface area contributed by atoms with E-state index in [0.29, 0.717) is 24.3 Å². The van der Waals surface area contributed by atoms with Crippen LogP contribution < -0.4 is 10.1 Å². The molecule has 0 spiro atoms. The summed E-state index contributed by atoms with van der Waals surface area (Å²) >= 11 is 5.36. The van der Waals surface area contributed by atoms with E-state index >= 15 is 0 Å². The van der Waals surface area contributed by atoms with Gasteiger partial charge in [0.25, 0.3) is 0 Å². The quantitative estimate of drug-likeness (QED) is 0.442. The van der Waals surface area contributed by atoms with Crippen molar-refractivity contribution >= 4 is 18.1 Å². The standard InChI is InChI=1S/C22H33N5O2S/c1-2-29-19-10-8-18(9-11-19)21-24-25-22(30)27(21)17-12-20(28)23-13-7-16-26-14-5-3-4-6-15-26/h8-11H,2-7,12-17H2,1H3,(H,23,28)(H,25,30). The summed E-state index contributed by atoms with van der Waals surface area (Å²) in [4.78, 5) is 14.8. The van der Waals surface area contributed by atoms with Gasteiger partial charge in [-0.2, -0.15) is 5.10 Å². The lowest BCUT2D eigenvalue weighted by Gasteiger charge is -2.19. The molecule has 1 amide bonds. The number of ether oxygens (including phenoxy) is 1. The molecule has 0 unspecified atom stereocenters. The molecule has 1 aliphatic rings. The van der Waals surface area contributed by atoms with E-state index in [1.54, 1.807) is 0 Å². The zero-order chi connectivity index (χ0) is 21.2. The monoisotopic (exact) mass is 431 g/mol. The average Bonchev–Trinajstić information content (AvgIpc) is 2.94. The van der Waals surface area contributed by atoms with Crippen LogP contribution in [0.2, 0.25) is 0 Å². The maximum absolute atomic E-state index is 12.3. The van der Waals surface area contributed by atoms with Gasteiger partial charge in [0, 0.05) is 25.1 Å². The Bertz CT molecular complexity index is 838. The number of H-pyrrole nitrogens is 1. The Morgan fingerprint density at radius 2 is 1.90 bits per heavy atom. The summed E-state index contributed by atoms with van der Waals surface area (Å²) in [7, 11) is 0. The molecule has 3 rings (SSSR count). The number of likely N-dealkylation sites (tertiary alicyclic amines) is 1. The predicted molar refractivity (Wildman–Crippen MR) is 121 cm³/mol. The van der Waals surface area contributed by atoms with Gasteiger partial charge in [-0.05, 0) is 82.3 Å². The van der Waals surface area contributed by atoms with E-state index in [4.69, 9.17) is 17.0 Å². The molecule has 8 heteroatoms. The molecular formula is C22H33N5O2S. The number of aromatic amines is 1. The minimum absolute atomic E-state index is 0.0478. The largest absolute Gasteiger partial charge is 0.494 e. The maximum Gasteiger partial charge on any atom is 0.221 e. The van der Waals surface area contributed by atoms with Gasteiger partial charge < -0.3 is 15.0 Å². The first-order valence-electron chi connectivity index (χ1n) is 11.0. The fourth-order valence-corrected chi connectivity index (χ4v) is 4.03. The van der Waals surface area contributed by atoms with Crippen LogP contribution in [0.5, 0.6) is 5.75 Å². The Balaban J connectivity index is 1.45. The zero-order valence-corrected chi connectivity index (χ0v) is 18.7. The number of benzene rings is 1. The van der Waals surface area contributed by atoms with E-state index in [9.17, 15) is 4.79 Å². The third kappa shape index (κ3) is 6.67. The first-order valence-corrected chi connectivity index (χ1v) is 11.5. The van der Waals surface area contributed by atoms with Crippen LogP contribution in [0.15, 0.2) is 24.3 Å². The fraction of sp³-hybridized carbons (Fsp3) is 0.591. The lowest BCUT2D eigenvalue weighted by Crippen LogP contribution is -2.31. The first kappa shape index (κ1) is 22.5. The van der Waals surface area contributed by atoms with Crippen molar-refractivity contribution < 1.29 is 9.53 Å². The van der Waals surface area contributed by atoms with Crippen molar-refractivity contribution in [2.75, 3.05) is 32.8 Å². The van der Waals surface area contributed by atoms with Crippen molar-refractivity contribution in [2.24, 2.45) is 0 Å². The van der Waals surface area contributed by atoms with Crippen LogP contribution in [0.3, 0.4) is 0 Å². The van der Waals surface area contributed by atoms with Gasteiger partial charge in [0.05, 0.1) is 6.61 Å². The molecule has 7 nitrogen and oxygen atoms in total. The number of hydrogen-bond acceptors (Lipinski definition) is 5. The van der Waals surface area contributed by atoms with Crippen LogP contribution in [0.25, 0.3) is 11.4 Å². The summed E-state index contributed by atoms with van der Waals surface area (Å²) in [6, 6.07) is 7.74. The topological polar surface area (TPSA) is 75.2 Å². The molecule has 0 aliphatic carbocycles. The Kier molecular flexibility index (Phi) is 8.89. The van der Waals surface area contributed by atoms with Crippen molar-refractivity contribution in [3.63, 3.8) is 0 Å². The number of nitrogens with one attached hydrogen (secondary N) is 2. The van der Waals surface area contributed by atoms with Gasteiger partial charge in [-0.3, -0.25) is 14.5 Å². The van der Waals surface area contributed by atoms with Crippen molar-refractivity contribution in [2.45, 2.75) is 52.0 Å². The van der Waals surface area contributed by atoms with Gasteiger partial charge in [0.15, 0.2) is 10.6 Å².